The highest BCUT2D eigenvalue weighted by Crippen LogP contribution is 2.38. The molecule has 0 unspecified atom stereocenters. The Bertz CT molecular complexity index is 1260. The Labute approximate surface area is 213 Å². The number of ether oxygens (including phenoxy) is 2. The van der Waals surface area contributed by atoms with E-state index in [4.69, 9.17) is 21.1 Å². The molecule has 0 aliphatic carbocycles. The number of anilines is 1. The first kappa shape index (κ1) is 25.4. The fraction of sp³-hybridized carbons (Fsp3) is 0.185. The Morgan fingerprint density at radius 2 is 1.85 bits per heavy atom. The van der Waals surface area contributed by atoms with E-state index in [1.165, 1.54) is 6.08 Å². The lowest BCUT2D eigenvalue weighted by Crippen LogP contribution is -2.14. The fourth-order valence-corrected chi connectivity index (χ4v) is 3.97. The number of carbonyl (C=O) groups is 1. The summed E-state index contributed by atoms with van der Waals surface area (Å²) in [4.78, 5) is 12.8. The molecule has 3 rings (SSSR count). The maximum absolute atomic E-state index is 12.8. The van der Waals surface area contributed by atoms with Gasteiger partial charge in [-0.2, -0.15) is 5.26 Å². The van der Waals surface area contributed by atoms with Crippen molar-refractivity contribution < 1.29 is 14.3 Å². The van der Waals surface area contributed by atoms with Gasteiger partial charge in [-0.05, 0) is 89.8 Å². The third-order valence-electron chi connectivity index (χ3n) is 4.93. The van der Waals surface area contributed by atoms with Crippen LogP contribution in [0.25, 0.3) is 6.08 Å². The van der Waals surface area contributed by atoms with Crippen LogP contribution in [0.4, 0.5) is 5.69 Å². The predicted molar refractivity (Wildman–Crippen MR) is 139 cm³/mol. The van der Waals surface area contributed by atoms with Crippen molar-refractivity contribution in [2.24, 2.45) is 0 Å². The Morgan fingerprint density at radius 1 is 1.12 bits per heavy atom. The second kappa shape index (κ2) is 11.7. The summed E-state index contributed by atoms with van der Waals surface area (Å²) >= 11 is 9.48. The molecule has 3 aromatic rings. The van der Waals surface area contributed by atoms with E-state index in [-0.39, 0.29) is 5.57 Å². The van der Waals surface area contributed by atoms with Crippen molar-refractivity contribution in [3.05, 3.63) is 91.9 Å². The number of hydrogen-bond acceptors (Lipinski definition) is 4. The van der Waals surface area contributed by atoms with Crippen LogP contribution in [0.15, 0.2) is 64.6 Å². The summed E-state index contributed by atoms with van der Waals surface area (Å²) in [5.74, 6) is 0.558. The number of nitrogens with one attached hydrogen (secondary N) is 1. The van der Waals surface area contributed by atoms with E-state index >= 15 is 0 Å². The first-order valence-electron chi connectivity index (χ1n) is 10.6. The lowest BCUT2D eigenvalue weighted by atomic mass is 10.1. The molecule has 0 spiro atoms. The summed E-state index contributed by atoms with van der Waals surface area (Å²) in [6.07, 6.45) is 1.52. The van der Waals surface area contributed by atoms with Crippen molar-refractivity contribution >= 4 is 45.2 Å². The molecule has 0 aromatic heterocycles. The van der Waals surface area contributed by atoms with Crippen LogP contribution in [-0.4, -0.2) is 12.5 Å². The molecular weight excluding hydrogens is 516 g/mol. The molecule has 1 N–H and O–H groups in total. The molecule has 5 nitrogen and oxygen atoms in total. The maximum atomic E-state index is 12.8. The second-order valence-electron chi connectivity index (χ2n) is 7.62. The van der Waals surface area contributed by atoms with Crippen LogP contribution >= 0.6 is 27.5 Å². The van der Waals surface area contributed by atoms with E-state index in [1.807, 2.05) is 57.2 Å². The average Bonchev–Trinajstić information content (AvgIpc) is 2.80. The Balaban J connectivity index is 1.85. The molecule has 3 aromatic carbocycles. The standard InChI is InChI=1S/C27H24BrClN2O3/c1-4-33-25-14-20(13-23(28)26(25)34-16-19-6-8-22(29)9-7-19)12-21(15-30)27(32)31-24-10-5-17(2)11-18(24)3/h5-14H,4,16H2,1-3H3,(H,31,32)/b21-12-. The lowest BCUT2D eigenvalue weighted by molar-refractivity contribution is -0.112. The topological polar surface area (TPSA) is 71.3 Å². The number of carbonyl (C=O) groups excluding carboxylic acids is 1. The zero-order chi connectivity index (χ0) is 24.7. The first-order valence-corrected chi connectivity index (χ1v) is 11.8. The molecule has 0 bridgehead atoms. The van der Waals surface area contributed by atoms with E-state index in [9.17, 15) is 10.1 Å². The average molecular weight is 540 g/mol. The van der Waals surface area contributed by atoms with E-state index in [0.29, 0.717) is 45.5 Å². The lowest BCUT2D eigenvalue weighted by Gasteiger charge is -2.15. The predicted octanol–water partition coefficient (Wildman–Crippen LogP) is 7.24. The molecule has 0 fully saturated rings. The second-order valence-corrected chi connectivity index (χ2v) is 8.91. The van der Waals surface area contributed by atoms with Crippen LogP contribution in [0.3, 0.4) is 0 Å². The molecule has 0 radical (unpaired) electrons. The van der Waals surface area contributed by atoms with Crippen LogP contribution in [0.2, 0.25) is 5.02 Å². The van der Waals surface area contributed by atoms with Gasteiger partial charge in [0.2, 0.25) is 0 Å². The number of halogens is 2. The zero-order valence-corrected chi connectivity index (χ0v) is 21.5. The SMILES string of the molecule is CCOc1cc(/C=C(/C#N)C(=O)Nc2ccc(C)cc2C)cc(Br)c1OCc1ccc(Cl)cc1. The summed E-state index contributed by atoms with van der Waals surface area (Å²) < 4.78 is 12.4. The summed E-state index contributed by atoms with van der Waals surface area (Å²) in [5, 5.41) is 13.1. The fourth-order valence-electron chi connectivity index (χ4n) is 3.27. The van der Waals surface area contributed by atoms with Crippen molar-refractivity contribution in [1.29, 1.82) is 5.26 Å². The van der Waals surface area contributed by atoms with E-state index in [1.54, 1.807) is 24.3 Å². The minimum absolute atomic E-state index is 0.0239. The number of benzene rings is 3. The molecule has 0 heterocycles. The van der Waals surface area contributed by atoms with E-state index in [0.717, 1.165) is 16.7 Å². The van der Waals surface area contributed by atoms with Gasteiger partial charge in [0.05, 0.1) is 11.1 Å². The minimum atomic E-state index is -0.480. The van der Waals surface area contributed by atoms with Crippen LogP contribution in [0, 0.1) is 25.2 Å². The third kappa shape index (κ3) is 6.63. The molecule has 0 aliphatic heterocycles. The van der Waals surface area contributed by atoms with Gasteiger partial charge in [0.25, 0.3) is 5.91 Å². The summed E-state index contributed by atoms with van der Waals surface area (Å²) in [5.41, 5.74) is 4.24. The van der Waals surface area contributed by atoms with Crippen molar-refractivity contribution in [2.45, 2.75) is 27.4 Å². The highest BCUT2D eigenvalue weighted by Gasteiger charge is 2.15. The highest BCUT2D eigenvalue weighted by molar-refractivity contribution is 9.10. The molecular formula is C27H24BrClN2O3. The molecule has 1 amide bonds. The van der Waals surface area contributed by atoms with Crippen molar-refractivity contribution in [3.8, 4) is 17.6 Å². The van der Waals surface area contributed by atoms with Crippen molar-refractivity contribution in [3.63, 3.8) is 0 Å². The molecule has 7 heteroatoms. The van der Waals surface area contributed by atoms with E-state index < -0.39 is 5.91 Å². The van der Waals surface area contributed by atoms with Crippen LogP contribution < -0.4 is 14.8 Å². The van der Waals surface area contributed by atoms with Gasteiger partial charge >= 0.3 is 0 Å². The number of aryl methyl sites for hydroxylation is 2. The zero-order valence-electron chi connectivity index (χ0n) is 19.1. The van der Waals surface area contributed by atoms with Crippen molar-refractivity contribution in [1.82, 2.24) is 0 Å². The number of nitriles is 1. The largest absolute Gasteiger partial charge is 0.490 e. The van der Waals surface area contributed by atoms with Gasteiger partial charge < -0.3 is 14.8 Å². The Kier molecular flexibility index (Phi) is 8.75. The number of nitrogens with zero attached hydrogens (tertiary/aromatic N) is 1. The van der Waals surface area contributed by atoms with Gasteiger partial charge in [0.15, 0.2) is 11.5 Å². The van der Waals surface area contributed by atoms with Gasteiger partial charge in [0, 0.05) is 10.7 Å². The molecule has 174 valence electrons. The number of amides is 1. The highest BCUT2D eigenvalue weighted by atomic mass is 79.9. The monoisotopic (exact) mass is 538 g/mol. The first-order chi connectivity index (χ1) is 16.3. The van der Waals surface area contributed by atoms with E-state index in [2.05, 4.69) is 21.2 Å². The van der Waals surface area contributed by atoms with Gasteiger partial charge in [-0.25, -0.2) is 0 Å². The quantitative estimate of drug-likeness (QED) is 0.242. The minimum Gasteiger partial charge on any atom is -0.490 e. The summed E-state index contributed by atoms with van der Waals surface area (Å²) in [6, 6.07) is 18.6. The van der Waals surface area contributed by atoms with Crippen molar-refractivity contribution in [2.75, 3.05) is 11.9 Å². The van der Waals surface area contributed by atoms with Crippen LogP contribution in [0.5, 0.6) is 11.5 Å². The van der Waals surface area contributed by atoms with Gasteiger partial charge in [-0.1, -0.05) is 41.4 Å². The Morgan fingerprint density at radius 3 is 2.50 bits per heavy atom. The van der Waals surface area contributed by atoms with Crippen LogP contribution in [0.1, 0.15) is 29.2 Å². The smallest absolute Gasteiger partial charge is 0.266 e. The number of hydrogen-bond donors (Lipinski definition) is 1. The Hall–Kier alpha value is -3.27. The number of rotatable bonds is 8. The van der Waals surface area contributed by atoms with Crippen LogP contribution in [-0.2, 0) is 11.4 Å². The summed E-state index contributed by atoms with van der Waals surface area (Å²) in [7, 11) is 0. The maximum Gasteiger partial charge on any atom is 0.266 e. The van der Waals surface area contributed by atoms with Gasteiger partial charge in [0.1, 0.15) is 18.2 Å². The summed E-state index contributed by atoms with van der Waals surface area (Å²) in [6.45, 7) is 6.52. The van der Waals surface area contributed by atoms with Gasteiger partial charge in [-0.3, -0.25) is 4.79 Å². The third-order valence-corrected chi connectivity index (χ3v) is 5.78. The molecule has 34 heavy (non-hydrogen) atoms. The van der Waals surface area contributed by atoms with Gasteiger partial charge in [-0.15, -0.1) is 0 Å². The molecule has 0 saturated carbocycles. The molecule has 0 atom stereocenters. The molecule has 0 aliphatic rings. The molecule has 0 saturated heterocycles. The normalized spacial score (nSPS) is 11.0.